The Morgan fingerprint density at radius 3 is 2.76 bits per heavy atom. The van der Waals surface area contributed by atoms with E-state index in [2.05, 4.69) is 4.74 Å². The van der Waals surface area contributed by atoms with Crippen LogP contribution in [-0.2, 0) is 21.1 Å². The predicted octanol–water partition coefficient (Wildman–Crippen LogP) is 1.23. The van der Waals surface area contributed by atoms with E-state index >= 15 is 0 Å². The maximum atomic E-state index is 13.8. The molecular formula is C14H18FNO4S. The lowest BCUT2D eigenvalue weighted by atomic mass is 10.1. The maximum absolute atomic E-state index is 13.8. The molecule has 1 aliphatic rings. The number of hydrogen-bond donors (Lipinski definition) is 0. The quantitative estimate of drug-likeness (QED) is 0.785. The third kappa shape index (κ3) is 4.25. The third-order valence-electron chi connectivity index (χ3n) is 3.49. The first-order chi connectivity index (χ1) is 9.91. The lowest BCUT2D eigenvalue weighted by Crippen LogP contribution is -2.26. The van der Waals surface area contributed by atoms with Gasteiger partial charge in [0.15, 0.2) is 9.84 Å². The van der Waals surface area contributed by atoms with Gasteiger partial charge < -0.3 is 4.74 Å². The van der Waals surface area contributed by atoms with Crippen molar-refractivity contribution >= 4 is 15.8 Å². The van der Waals surface area contributed by atoms with E-state index in [0.29, 0.717) is 31.6 Å². The van der Waals surface area contributed by atoms with E-state index < -0.39 is 21.6 Å². The van der Waals surface area contributed by atoms with Gasteiger partial charge in [0.05, 0.1) is 24.2 Å². The largest absolute Gasteiger partial charge is 0.465 e. The molecule has 0 saturated carbocycles. The standard InChI is InChI=1S/C14H18FNO4S/c1-20-14(17)12-4-3-11(9-13(12)15)10-16-5-2-7-21(18,19)8-6-16/h3-4,9H,2,5-8,10H2,1H3. The van der Waals surface area contributed by atoms with E-state index in [1.807, 2.05) is 4.90 Å². The van der Waals surface area contributed by atoms with Crippen LogP contribution in [0.5, 0.6) is 0 Å². The summed E-state index contributed by atoms with van der Waals surface area (Å²) in [6.45, 7) is 1.58. The van der Waals surface area contributed by atoms with Crippen molar-refractivity contribution in [3.05, 3.63) is 35.1 Å². The monoisotopic (exact) mass is 315 g/mol. The van der Waals surface area contributed by atoms with E-state index in [1.54, 1.807) is 6.07 Å². The molecule has 0 atom stereocenters. The highest BCUT2D eigenvalue weighted by atomic mass is 32.2. The van der Waals surface area contributed by atoms with Crippen LogP contribution in [0.15, 0.2) is 18.2 Å². The molecule has 116 valence electrons. The molecule has 0 spiro atoms. The lowest BCUT2D eigenvalue weighted by Gasteiger charge is -2.19. The van der Waals surface area contributed by atoms with Crippen LogP contribution in [-0.4, -0.2) is 51.0 Å². The summed E-state index contributed by atoms with van der Waals surface area (Å²) in [6.07, 6.45) is 0.588. The second kappa shape index (κ2) is 6.53. The van der Waals surface area contributed by atoms with Gasteiger partial charge in [0.1, 0.15) is 5.82 Å². The highest BCUT2D eigenvalue weighted by Crippen LogP contribution is 2.15. The molecule has 7 heteroatoms. The number of carbonyl (C=O) groups is 1. The van der Waals surface area contributed by atoms with Crippen molar-refractivity contribution in [3.8, 4) is 0 Å². The Morgan fingerprint density at radius 1 is 1.33 bits per heavy atom. The summed E-state index contributed by atoms with van der Waals surface area (Å²) in [6, 6.07) is 4.35. The molecule has 1 fully saturated rings. The van der Waals surface area contributed by atoms with E-state index in [0.717, 1.165) is 0 Å². The zero-order chi connectivity index (χ0) is 15.5. The minimum atomic E-state index is -2.95. The Kier molecular flexibility index (Phi) is 4.95. The minimum Gasteiger partial charge on any atom is -0.465 e. The number of ether oxygens (including phenoxy) is 1. The average molecular weight is 315 g/mol. The van der Waals surface area contributed by atoms with Crippen molar-refractivity contribution in [3.63, 3.8) is 0 Å². The van der Waals surface area contributed by atoms with Gasteiger partial charge in [-0.25, -0.2) is 17.6 Å². The number of rotatable bonds is 3. The smallest absolute Gasteiger partial charge is 0.340 e. The molecule has 1 aromatic rings. The highest BCUT2D eigenvalue weighted by molar-refractivity contribution is 7.91. The topological polar surface area (TPSA) is 63.7 Å². The third-order valence-corrected chi connectivity index (χ3v) is 5.21. The lowest BCUT2D eigenvalue weighted by molar-refractivity contribution is 0.0595. The van der Waals surface area contributed by atoms with Crippen molar-refractivity contribution in [2.24, 2.45) is 0 Å². The highest BCUT2D eigenvalue weighted by Gasteiger charge is 2.20. The maximum Gasteiger partial charge on any atom is 0.340 e. The molecule has 1 saturated heterocycles. The van der Waals surface area contributed by atoms with Crippen LogP contribution in [0, 0.1) is 5.82 Å². The summed E-state index contributed by atoms with van der Waals surface area (Å²) >= 11 is 0. The summed E-state index contributed by atoms with van der Waals surface area (Å²) in [5, 5.41) is 0. The molecule has 5 nitrogen and oxygen atoms in total. The van der Waals surface area contributed by atoms with Gasteiger partial charge in [0.2, 0.25) is 0 Å². The first-order valence-electron chi connectivity index (χ1n) is 6.71. The Labute approximate surface area is 123 Å². The number of sulfone groups is 1. The zero-order valence-corrected chi connectivity index (χ0v) is 12.7. The van der Waals surface area contributed by atoms with Crippen molar-refractivity contribution < 1.29 is 22.3 Å². The number of halogens is 1. The molecule has 0 radical (unpaired) electrons. The fourth-order valence-electron chi connectivity index (χ4n) is 2.34. The van der Waals surface area contributed by atoms with Gasteiger partial charge in [0.25, 0.3) is 0 Å². The molecule has 21 heavy (non-hydrogen) atoms. The van der Waals surface area contributed by atoms with Crippen molar-refractivity contribution in [1.29, 1.82) is 0 Å². The van der Waals surface area contributed by atoms with Gasteiger partial charge in [-0.1, -0.05) is 6.07 Å². The van der Waals surface area contributed by atoms with Gasteiger partial charge in [-0.2, -0.15) is 0 Å². The van der Waals surface area contributed by atoms with Gasteiger partial charge in [-0.15, -0.1) is 0 Å². The molecule has 0 aromatic heterocycles. The number of benzene rings is 1. The number of hydrogen-bond acceptors (Lipinski definition) is 5. The molecule has 0 amide bonds. The van der Waals surface area contributed by atoms with Crippen LogP contribution >= 0.6 is 0 Å². The zero-order valence-electron chi connectivity index (χ0n) is 11.8. The van der Waals surface area contributed by atoms with Crippen LogP contribution in [0.25, 0.3) is 0 Å². The molecule has 2 rings (SSSR count). The van der Waals surface area contributed by atoms with E-state index in [-0.39, 0.29) is 17.1 Å². The molecule has 0 bridgehead atoms. The molecule has 0 N–H and O–H groups in total. The van der Waals surface area contributed by atoms with Gasteiger partial charge in [-0.3, -0.25) is 4.90 Å². The number of methoxy groups -OCH3 is 1. The molecule has 0 unspecified atom stereocenters. The van der Waals surface area contributed by atoms with Gasteiger partial charge in [0, 0.05) is 13.1 Å². The van der Waals surface area contributed by atoms with Crippen LogP contribution < -0.4 is 0 Å². The van der Waals surface area contributed by atoms with E-state index in [9.17, 15) is 17.6 Å². The van der Waals surface area contributed by atoms with E-state index in [4.69, 9.17) is 0 Å². The molecule has 1 aromatic carbocycles. The predicted molar refractivity (Wildman–Crippen MR) is 76.3 cm³/mol. The fraction of sp³-hybridized carbons (Fsp3) is 0.500. The van der Waals surface area contributed by atoms with Crippen LogP contribution in [0.1, 0.15) is 22.3 Å². The van der Waals surface area contributed by atoms with Crippen molar-refractivity contribution in [2.45, 2.75) is 13.0 Å². The summed E-state index contributed by atoms with van der Waals surface area (Å²) in [5.74, 6) is -0.990. The second-order valence-electron chi connectivity index (χ2n) is 5.09. The van der Waals surface area contributed by atoms with E-state index in [1.165, 1.54) is 19.2 Å². The summed E-state index contributed by atoms with van der Waals surface area (Å²) < 4.78 is 41.4. The van der Waals surface area contributed by atoms with Crippen LogP contribution in [0.3, 0.4) is 0 Å². The molecule has 0 aliphatic carbocycles. The van der Waals surface area contributed by atoms with Crippen molar-refractivity contribution in [1.82, 2.24) is 4.90 Å². The Morgan fingerprint density at radius 2 is 2.10 bits per heavy atom. The van der Waals surface area contributed by atoms with Crippen LogP contribution in [0.4, 0.5) is 4.39 Å². The second-order valence-corrected chi connectivity index (χ2v) is 7.39. The first-order valence-corrected chi connectivity index (χ1v) is 8.53. The molecular weight excluding hydrogens is 297 g/mol. The van der Waals surface area contributed by atoms with Crippen molar-refractivity contribution in [2.75, 3.05) is 31.7 Å². The molecule has 1 aliphatic heterocycles. The number of nitrogens with zero attached hydrogens (tertiary/aromatic N) is 1. The Hall–Kier alpha value is -1.47. The minimum absolute atomic E-state index is 0.0975. The normalized spacial score (nSPS) is 19.0. The summed E-state index contributed by atoms with van der Waals surface area (Å²) in [4.78, 5) is 13.3. The Bertz CT molecular complexity index is 630. The fourth-order valence-corrected chi connectivity index (χ4v) is 3.65. The van der Waals surface area contributed by atoms with Gasteiger partial charge >= 0.3 is 5.97 Å². The Balaban J connectivity index is 2.06. The van der Waals surface area contributed by atoms with Gasteiger partial charge in [-0.05, 0) is 30.7 Å². The SMILES string of the molecule is COC(=O)c1ccc(CN2CCCS(=O)(=O)CC2)cc1F. The molecule has 1 heterocycles. The average Bonchev–Trinajstić information content (AvgIpc) is 2.59. The summed E-state index contributed by atoms with van der Waals surface area (Å²) in [7, 11) is -1.75. The first kappa shape index (κ1) is 15.9. The number of esters is 1. The number of carbonyl (C=O) groups excluding carboxylic acids is 1. The van der Waals surface area contributed by atoms with Crippen LogP contribution in [0.2, 0.25) is 0 Å². The summed E-state index contributed by atoms with van der Waals surface area (Å²) in [5.41, 5.74) is 0.610.